The monoisotopic (exact) mass is 455 g/mol. The molecule has 1 N–H and O–H groups in total. The lowest BCUT2D eigenvalue weighted by molar-refractivity contribution is -0.650. The summed E-state index contributed by atoms with van der Waals surface area (Å²) in [6, 6.07) is 27.2. The van der Waals surface area contributed by atoms with Gasteiger partial charge in [-0.15, -0.1) is 0 Å². The molecule has 4 nitrogen and oxygen atoms in total. The number of thioether (sulfide) groups is 1. The number of rotatable bonds is 8. The number of aromatic nitrogens is 2. The van der Waals surface area contributed by atoms with Crippen LogP contribution in [0.2, 0.25) is 0 Å². The molecule has 1 aromatic heterocycles. The first-order chi connectivity index (χ1) is 16.1. The van der Waals surface area contributed by atoms with Crippen molar-refractivity contribution in [1.82, 2.24) is 4.57 Å². The fourth-order valence-electron chi connectivity index (χ4n) is 3.71. The highest BCUT2D eigenvalue weighted by Crippen LogP contribution is 2.25. The highest BCUT2D eigenvalue weighted by molar-refractivity contribution is 7.99. The molecule has 0 amide bonds. The Morgan fingerprint density at radius 1 is 0.970 bits per heavy atom. The van der Waals surface area contributed by atoms with E-state index >= 15 is 0 Å². The Hall–Kier alpha value is -3.57. The molecular formula is C28H27N2O2S+. The number of hydrogen-bond donors (Lipinski definition) is 1. The first-order valence-corrected chi connectivity index (χ1v) is 12.0. The number of benzene rings is 3. The van der Waals surface area contributed by atoms with Crippen LogP contribution in [0.1, 0.15) is 30.0 Å². The van der Waals surface area contributed by atoms with Crippen molar-refractivity contribution in [3.8, 4) is 17.3 Å². The Morgan fingerprint density at radius 3 is 2.21 bits per heavy atom. The minimum atomic E-state index is -0.211. The molecule has 0 saturated carbocycles. The van der Waals surface area contributed by atoms with Crippen LogP contribution in [0.25, 0.3) is 17.5 Å². The molecule has 1 heterocycles. The van der Waals surface area contributed by atoms with E-state index in [2.05, 4.69) is 13.5 Å². The lowest BCUT2D eigenvalue weighted by Gasteiger charge is -2.15. The molecule has 3 aromatic carbocycles. The van der Waals surface area contributed by atoms with Gasteiger partial charge in [0.05, 0.1) is 0 Å². The van der Waals surface area contributed by atoms with Crippen molar-refractivity contribution in [1.29, 1.82) is 0 Å². The average Bonchev–Trinajstić information content (AvgIpc) is 2.86. The summed E-state index contributed by atoms with van der Waals surface area (Å²) in [5, 5.41) is 12.1. The number of aromatic hydroxyl groups is 1. The molecule has 0 saturated heterocycles. The molecule has 0 bridgehead atoms. The third kappa shape index (κ3) is 4.78. The number of para-hydroxylation sites is 2. The molecule has 0 unspecified atom stereocenters. The Kier molecular flexibility index (Phi) is 7.10. The molecule has 166 valence electrons. The fourth-order valence-corrected chi connectivity index (χ4v) is 4.74. The summed E-state index contributed by atoms with van der Waals surface area (Å²) in [5.74, 6) is 0.797. The van der Waals surface area contributed by atoms with Crippen molar-refractivity contribution in [2.75, 3.05) is 5.75 Å². The van der Waals surface area contributed by atoms with E-state index in [-0.39, 0.29) is 11.4 Å². The van der Waals surface area contributed by atoms with Gasteiger partial charge in [-0.05, 0) is 53.6 Å². The van der Waals surface area contributed by atoms with Crippen LogP contribution in [0.3, 0.4) is 0 Å². The molecule has 0 atom stereocenters. The molecule has 4 rings (SSSR count). The van der Waals surface area contributed by atoms with Crippen molar-refractivity contribution >= 4 is 17.8 Å². The van der Waals surface area contributed by atoms with Crippen molar-refractivity contribution in [3.05, 3.63) is 119 Å². The zero-order chi connectivity index (χ0) is 23.2. The van der Waals surface area contributed by atoms with Gasteiger partial charge in [-0.3, -0.25) is 0 Å². The molecule has 0 spiro atoms. The van der Waals surface area contributed by atoms with Gasteiger partial charge in [0.1, 0.15) is 16.9 Å². The summed E-state index contributed by atoms with van der Waals surface area (Å²) in [4.78, 5) is 13.8. The third-order valence-electron chi connectivity index (χ3n) is 5.39. The Bertz CT molecular complexity index is 1300. The Morgan fingerprint density at radius 2 is 1.61 bits per heavy atom. The average molecular weight is 456 g/mol. The van der Waals surface area contributed by atoms with E-state index in [1.165, 1.54) is 0 Å². The van der Waals surface area contributed by atoms with E-state index < -0.39 is 0 Å². The van der Waals surface area contributed by atoms with Crippen LogP contribution in [0, 0.1) is 0 Å². The van der Waals surface area contributed by atoms with Gasteiger partial charge < -0.3 is 5.11 Å². The largest absolute Gasteiger partial charge is 0.477 e. The molecule has 0 aliphatic heterocycles. The van der Waals surface area contributed by atoms with Crippen molar-refractivity contribution in [3.63, 3.8) is 0 Å². The maximum absolute atomic E-state index is 13.8. The lowest BCUT2D eigenvalue weighted by atomic mass is 10.0. The van der Waals surface area contributed by atoms with Crippen LogP contribution in [0.15, 0.2) is 101 Å². The number of hydrogen-bond acceptors (Lipinski definition) is 3. The second kappa shape index (κ2) is 10.4. The van der Waals surface area contributed by atoms with E-state index in [0.29, 0.717) is 17.1 Å². The zero-order valence-corrected chi connectivity index (χ0v) is 19.5. The van der Waals surface area contributed by atoms with E-state index in [4.69, 9.17) is 0 Å². The maximum Gasteiger partial charge on any atom is 0.350 e. The van der Waals surface area contributed by atoms with Gasteiger partial charge in [0.15, 0.2) is 0 Å². The standard InChI is InChI=1S/C28H26N2O2S/c1-3-19-33-28-29(23-11-7-5-8-12-23)26(31)25(20-22-17-15-21(4-2)16-18-22)27(32)30(28)24-13-9-6-10-14-24/h4-18H,2-3,19-20H2,1H3/p+1. The molecular weight excluding hydrogens is 428 g/mol. The quantitative estimate of drug-likeness (QED) is 0.215. The Labute approximate surface area is 198 Å². The first kappa shape index (κ1) is 22.6. The first-order valence-electron chi connectivity index (χ1n) is 11.0. The summed E-state index contributed by atoms with van der Waals surface area (Å²) in [6.07, 6.45) is 3.05. The normalized spacial score (nSPS) is 10.8. The fraction of sp³-hybridized carbons (Fsp3) is 0.143. The van der Waals surface area contributed by atoms with Crippen LogP contribution >= 0.6 is 11.8 Å². The predicted molar refractivity (Wildman–Crippen MR) is 136 cm³/mol. The van der Waals surface area contributed by atoms with Gasteiger partial charge in [-0.25, -0.2) is 4.79 Å². The van der Waals surface area contributed by atoms with E-state index in [1.54, 1.807) is 27.0 Å². The summed E-state index contributed by atoms with van der Waals surface area (Å²) in [5.41, 5.74) is 3.68. The molecule has 0 aliphatic rings. The minimum Gasteiger partial charge on any atom is -0.477 e. The topological polar surface area (TPSA) is 46.1 Å². The maximum atomic E-state index is 13.8. The molecule has 0 radical (unpaired) electrons. The van der Waals surface area contributed by atoms with Crippen molar-refractivity contribution < 1.29 is 9.67 Å². The van der Waals surface area contributed by atoms with Crippen LogP contribution in [-0.4, -0.2) is 15.4 Å². The highest BCUT2D eigenvalue weighted by atomic mass is 32.2. The van der Waals surface area contributed by atoms with Gasteiger partial charge in [0.25, 0.3) is 5.88 Å². The lowest BCUT2D eigenvalue weighted by Crippen LogP contribution is -2.43. The van der Waals surface area contributed by atoms with Gasteiger partial charge in [0.2, 0.25) is 0 Å². The van der Waals surface area contributed by atoms with E-state index in [0.717, 1.165) is 34.7 Å². The molecule has 33 heavy (non-hydrogen) atoms. The zero-order valence-electron chi connectivity index (χ0n) is 18.6. The minimum absolute atomic E-state index is 0.0234. The molecule has 4 aromatic rings. The molecule has 0 fully saturated rings. The van der Waals surface area contributed by atoms with Gasteiger partial charge >= 0.3 is 10.7 Å². The van der Waals surface area contributed by atoms with Crippen LogP contribution in [0.4, 0.5) is 0 Å². The number of nitrogens with zero attached hydrogens (tertiary/aromatic N) is 2. The summed E-state index contributed by atoms with van der Waals surface area (Å²) in [6.45, 7) is 5.90. The summed E-state index contributed by atoms with van der Waals surface area (Å²) >= 11 is 1.57. The van der Waals surface area contributed by atoms with Crippen molar-refractivity contribution in [2.45, 2.75) is 24.9 Å². The second-order valence-corrected chi connectivity index (χ2v) is 8.76. The van der Waals surface area contributed by atoms with Crippen LogP contribution in [-0.2, 0) is 6.42 Å². The predicted octanol–water partition coefficient (Wildman–Crippen LogP) is 5.56. The van der Waals surface area contributed by atoms with Crippen molar-refractivity contribution in [2.24, 2.45) is 0 Å². The van der Waals surface area contributed by atoms with Gasteiger partial charge in [0, 0.05) is 12.2 Å². The smallest absolute Gasteiger partial charge is 0.350 e. The SMILES string of the molecule is C=Cc1ccc(Cc2c(O)[n+](-c3ccccc3)c(SCCC)n(-c3ccccc3)c2=O)cc1. The van der Waals surface area contributed by atoms with Crippen LogP contribution in [0.5, 0.6) is 5.88 Å². The third-order valence-corrected chi connectivity index (χ3v) is 6.62. The summed E-state index contributed by atoms with van der Waals surface area (Å²) in [7, 11) is 0. The van der Waals surface area contributed by atoms with Gasteiger partial charge in [-0.1, -0.05) is 80.2 Å². The Balaban J connectivity index is 2.00. The van der Waals surface area contributed by atoms with Crippen LogP contribution < -0.4 is 10.1 Å². The molecule has 0 aliphatic carbocycles. The van der Waals surface area contributed by atoms with E-state index in [1.807, 2.05) is 84.9 Å². The van der Waals surface area contributed by atoms with E-state index in [9.17, 15) is 9.90 Å². The second-order valence-electron chi connectivity index (χ2n) is 7.70. The highest BCUT2D eigenvalue weighted by Gasteiger charge is 2.31. The summed E-state index contributed by atoms with van der Waals surface area (Å²) < 4.78 is 3.52. The van der Waals surface area contributed by atoms with Gasteiger partial charge in [-0.2, -0.15) is 9.13 Å². The molecule has 5 heteroatoms.